The van der Waals surface area contributed by atoms with Gasteiger partial charge in [-0.05, 0) is 25.8 Å². The number of aliphatic hydroxyl groups is 1. The zero-order chi connectivity index (χ0) is 9.23. The first-order chi connectivity index (χ1) is 5.81. The van der Waals surface area contributed by atoms with E-state index in [1.54, 1.807) is 6.08 Å². The van der Waals surface area contributed by atoms with Gasteiger partial charge in [-0.25, -0.2) is 0 Å². The number of allylic oxidation sites excluding steroid dienone is 3. The third kappa shape index (κ3) is 7.02. The molecular weight excluding hydrogens is 156 g/mol. The van der Waals surface area contributed by atoms with Crippen molar-refractivity contribution in [3.8, 4) is 0 Å². The first-order valence-electron chi connectivity index (χ1n) is 3.86. The zero-order valence-electron chi connectivity index (χ0n) is 7.14. The Morgan fingerprint density at radius 2 is 2.08 bits per heavy atom. The number of ether oxygens (including phenoxy) is 1. The summed E-state index contributed by atoms with van der Waals surface area (Å²) in [7, 11) is 0. The SMILES string of the molecule is C/C=C/CC/C=C/C(O)OC=O. The van der Waals surface area contributed by atoms with Gasteiger partial charge in [-0.15, -0.1) is 0 Å². The molecule has 0 rings (SSSR count). The van der Waals surface area contributed by atoms with Gasteiger partial charge in [0.25, 0.3) is 6.47 Å². The third-order valence-corrected chi connectivity index (χ3v) is 1.23. The minimum Gasteiger partial charge on any atom is -0.434 e. The Morgan fingerprint density at radius 3 is 2.67 bits per heavy atom. The smallest absolute Gasteiger partial charge is 0.295 e. The van der Waals surface area contributed by atoms with Gasteiger partial charge in [-0.1, -0.05) is 18.2 Å². The first kappa shape index (κ1) is 10.9. The van der Waals surface area contributed by atoms with Crippen molar-refractivity contribution in [1.29, 1.82) is 0 Å². The van der Waals surface area contributed by atoms with Crippen LogP contribution in [0.25, 0.3) is 0 Å². The number of unbranched alkanes of at least 4 members (excludes halogenated alkanes) is 1. The number of hydrogen-bond acceptors (Lipinski definition) is 3. The Bertz CT molecular complexity index is 161. The molecule has 0 saturated heterocycles. The maximum atomic E-state index is 9.72. The third-order valence-electron chi connectivity index (χ3n) is 1.23. The standard InChI is InChI=1S/C9H14O3/c1-2-3-4-5-6-7-9(11)12-8-10/h2-3,6-9,11H,4-5H2,1H3/b3-2+,7-6+. The van der Waals surface area contributed by atoms with Gasteiger partial charge in [0.15, 0.2) is 0 Å². The highest BCUT2D eigenvalue weighted by molar-refractivity contribution is 5.37. The van der Waals surface area contributed by atoms with E-state index in [9.17, 15) is 4.79 Å². The summed E-state index contributed by atoms with van der Waals surface area (Å²) >= 11 is 0. The Kier molecular flexibility index (Phi) is 7.28. The molecule has 0 saturated carbocycles. The molecule has 0 aliphatic carbocycles. The van der Waals surface area contributed by atoms with Gasteiger partial charge < -0.3 is 9.84 Å². The molecule has 0 aliphatic rings. The Morgan fingerprint density at radius 1 is 1.42 bits per heavy atom. The normalized spacial score (nSPS) is 13.8. The lowest BCUT2D eigenvalue weighted by Crippen LogP contribution is -2.05. The summed E-state index contributed by atoms with van der Waals surface area (Å²) in [5.74, 6) is 0. The van der Waals surface area contributed by atoms with Crippen LogP contribution in [-0.2, 0) is 9.53 Å². The molecule has 0 amide bonds. The summed E-state index contributed by atoms with van der Waals surface area (Å²) in [5.41, 5.74) is 0. The average molecular weight is 170 g/mol. The van der Waals surface area contributed by atoms with Gasteiger partial charge >= 0.3 is 0 Å². The molecule has 0 aromatic heterocycles. The number of hydrogen-bond donors (Lipinski definition) is 1. The van der Waals surface area contributed by atoms with Crippen molar-refractivity contribution in [2.75, 3.05) is 0 Å². The maximum Gasteiger partial charge on any atom is 0.295 e. The van der Waals surface area contributed by atoms with Crippen LogP contribution in [-0.4, -0.2) is 17.9 Å². The van der Waals surface area contributed by atoms with Crippen LogP contribution in [0.3, 0.4) is 0 Å². The van der Waals surface area contributed by atoms with E-state index >= 15 is 0 Å². The van der Waals surface area contributed by atoms with Crippen LogP contribution in [0.2, 0.25) is 0 Å². The highest BCUT2D eigenvalue weighted by atomic mass is 16.6. The number of rotatable bonds is 6. The number of carbonyl (C=O) groups is 1. The minimum atomic E-state index is -1.10. The quantitative estimate of drug-likeness (QED) is 0.283. The lowest BCUT2D eigenvalue weighted by molar-refractivity contribution is -0.144. The van der Waals surface area contributed by atoms with Crippen LogP contribution >= 0.6 is 0 Å². The summed E-state index contributed by atoms with van der Waals surface area (Å²) in [6.45, 7) is 2.18. The van der Waals surface area contributed by atoms with E-state index in [2.05, 4.69) is 4.74 Å². The summed E-state index contributed by atoms with van der Waals surface area (Å²) < 4.78 is 4.22. The zero-order valence-corrected chi connectivity index (χ0v) is 7.14. The van der Waals surface area contributed by atoms with E-state index in [1.165, 1.54) is 6.08 Å². The average Bonchev–Trinajstić information content (AvgIpc) is 2.05. The second kappa shape index (κ2) is 8.01. The summed E-state index contributed by atoms with van der Waals surface area (Å²) in [5, 5.41) is 8.85. The fourth-order valence-electron chi connectivity index (χ4n) is 0.674. The van der Waals surface area contributed by atoms with Crippen molar-refractivity contribution < 1.29 is 14.6 Å². The molecule has 3 nitrogen and oxygen atoms in total. The van der Waals surface area contributed by atoms with E-state index < -0.39 is 6.29 Å². The number of aliphatic hydroxyl groups excluding tert-OH is 1. The molecule has 1 atom stereocenters. The summed E-state index contributed by atoms with van der Waals surface area (Å²) in [6, 6.07) is 0. The van der Waals surface area contributed by atoms with Crippen molar-refractivity contribution >= 4 is 6.47 Å². The van der Waals surface area contributed by atoms with Crippen LogP contribution in [0.1, 0.15) is 19.8 Å². The monoisotopic (exact) mass is 170 g/mol. The first-order valence-corrected chi connectivity index (χ1v) is 3.86. The molecule has 12 heavy (non-hydrogen) atoms. The number of carbonyl (C=O) groups excluding carboxylic acids is 1. The summed E-state index contributed by atoms with van der Waals surface area (Å²) in [4.78, 5) is 9.72. The second-order valence-electron chi connectivity index (χ2n) is 2.20. The predicted molar refractivity (Wildman–Crippen MR) is 46.3 cm³/mol. The summed E-state index contributed by atoms with van der Waals surface area (Å²) in [6.07, 6.45) is 7.87. The van der Waals surface area contributed by atoms with Gasteiger partial charge in [0, 0.05) is 0 Å². The highest BCUT2D eigenvalue weighted by Gasteiger charge is 1.93. The second-order valence-corrected chi connectivity index (χ2v) is 2.20. The van der Waals surface area contributed by atoms with Gasteiger partial charge in [-0.2, -0.15) is 0 Å². The van der Waals surface area contributed by atoms with Gasteiger partial charge in [0.2, 0.25) is 6.29 Å². The Hall–Kier alpha value is -1.09. The molecular formula is C9H14O3. The molecule has 0 radical (unpaired) electrons. The lowest BCUT2D eigenvalue weighted by Gasteiger charge is -1.99. The van der Waals surface area contributed by atoms with Crippen molar-refractivity contribution in [3.63, 3.8) is 0 Å². The molecule has 3 heteroatoms. The molecule has 68 valence electrons. The van der Waals surface area contributed by atoms with E-state index in [0.29, 0.717) is 0 Å². The van der Waals surface area contributed by atoms with Crippen molar-refractivity contribution in [2.45, 2.75) is 26.1 Å². The maximum absolute atomic E-state index is 9.72. The molecule has 0 bridgehead atoms. The largest absolute Gasteiger partial charge is 0.434 e. The van der Waals surface area contributed by atoms with E-state index in [0.717, 1.165) is 12.8 Å². The van der Waals surface area contributed by atoms with E-state index in [4.69, 9.17) is 5.11 Å². The minimum absolute atomic E-state index is 0.223. The molecule has 0 aromatic rings. The van der Waals surface area contributed by atoms with Gasteiger partial charge in [0.1, 0.15) is 0 Å². The van der Waals surface area contributed by atoms with Crippen molar-refractivity contribution in [2.24, 2.45) is 0 Å². The lowest BCUT2D eigenvalue weighted by atomic mass is 10.2. The predicted octanol–water partition coefficient (Wildman–Crippen LogP) is 1.39. The van der Waals surface area contributed by atoms with Gasteiger partial charge in [-0.3, -0.25) is 4.79 Å². The molecule has 1 unspecified atom stereocenters. The molecule has 0 spiro atoms. The van der Waals surface area contributed by atoms with Crippen LogP contribution in [0.15, 0.2) is 24.3 Å². The fraction of sp³-hybridized carbons (Fsp3) is 0.444. The molecule has 0 fully saturated rings. The molecule has 0 aromatic carbocycles. The fourth-order valence-corrected chi connectivity index (χ4v) is 0.674. The van der Waals surface area contributed by atoms with E-state index in [1.807, 2.05) is 19.1 Å². The van der Waals surface area contributed by atoms with Crippen LogP contribution in [0, 0.1) is 0 Å². The molecule has 0 aliphatic heterocycles. The van der Waals surface area contributed by atoms with Gasteiger partial charge in [0.05, 0.1) is 0 Å². The Balaban J connectivity index is 3.40. The van der Waals surface area contributed by atoms with Crippen molar-refractivity contribution in [1.82, 2.24) is 0 Å². The van der Waals surface area contributed by atoms with E-state index in [-0.39, 0.29) is 6.47 Å². The van der Waals surface area contributed by atoms with Crippen LogP contribution < -0.4 is 0 Å². The van der Waals surface area contributed by atoms with Crippen LogP contribution in [0.4, 0.5) is 0 Å². The molecule has 1 N–H and O–H groups in total. The molecule has 0 heterocycles. The Labute approximate surface area is 72.3 Å². The van der Waals surface area contributed by atoms with Crippen LogP contribution in [0.5, 0.6) is 0 Å². The van der Waals surface area contributed by atoms with Crippen molar-refractivity contribution in [3.05, 3.63) is 24.3 Å². The highest BCUT2D eigenvalue weighted by Crippen LogP contribution is 1.94. The topological polar surface area (TPSA) is 46.5 Å².